The third-order valence-corrected chi connectivity index (χ3v) is 5.98. The van der Waals surface area contributed by atoms with Crippen molar-refractivity contribution in [1.82, 2.24) is 5.06 Å². The van der Waals surface area contributed by atoms with Crippen LogP contribution in [0.2, 0.25) is 0 Å². The van der Waals surface area contributed by atoms with Gasteiger partial charge in [0.25, 0.3) is 0 Å². The van der Waals surface area contributed by atoms with Crippen LogP contribution in [-0.4, -0.2) is 36.9 Å². The van der Waals surface area contributed by atoms with E-state index in [-0.39, 0.29) is 12.2 Å². The number of nitrogens with zero attached hydrogens (tertiary/aromatic N) is 3. The molecule has 154 valence electrons. The Morgan fingerprint density at radius 1 is 1.23 bits per heavy atom. The van der Waals surface area contributed by atoms with Gasteiger partial charge in [0.05, 0.1) is 23.3 Å². The first-order chi connectivity index (χ1) is 14.6. The standard InChI is InChI=1S/C23H24N4O3/c1-27-22(25)26-23(30-27)13-19(12-18-6-3-9-28-18)29-21-8-7-17(11-20(21)23)16-5-2-4-15(10-16)14-24/h2,4-5,7-8,10-11,18-19H,3,6,9,12-13H2,1H3,(H2,25,26)/t18?,19-,23+/m1/s1. The van der Waals surface area contributed by atoms with Gasteiger partial charge in [0, 0.05) is 26.5 Å². The number of ether oxygens (including phenoxy) is 2. The van der Waals surface area contributed by atoms with E-state index in [0.717, 1.165) is 48.3 Å². The second-order valence-corrected chi connectivity index (χ2v) is 8.06. The fraction of sp³-hybridized carbons (Fsp3) is 0.391. The molecule has 0 aromatic heterocycles. The molecule has 7 nitrogen and oxygen atoms in total. The summed E-state index contributed by atoms with van der Waals surface area (Å²) in [5, 5.41) is 10.8. The maximum atomic E-state index is 9.24. The number of aliphatic imine (C=N–C) groups is 1. The molecule has 0 amide bonds. The number of rotatable bonds is 3. The smallest absolute Gasteiger partial charge is 0.221 e. The number of hydroxylamine groups is 2. The van der Waals surface area contributed by atoms with Crippen LogP contribution in [0.5, 0.6) is 5.75 Å². The Kier molecular flexibility index (Phi) is 4.61. The largest absolute Gasteiger partial charge is 0.490 e. The lowest BCUT2D eigenvalue weighted by molar-refractivity contribution is -0.192. The molecule has 0 bridgehead atoms. The Labute approximate surface area is 175 Å². The average Bonchev–Trinajstić information content (AvgIpc) is 3.36. The molecule has 3 aliphatic rings. The van der Waals surface area contributed by atoms with E-state index in [4.69, 9.17) is 25.0 Å². The highest BCUT2D eigenvalue weighted by Gasteiger charge is 2.49. The first-order valence-electron chi connectivity index (χ1n) is 10.3. The van der Waals surface area contributed by atoms with E-state index in [1.807, 2.05) is 36.4 Å². The van der Waals surface area contributed by atoms with Crippen molar-refractivity contribution in [3.63, 3.8) is 0 Å². The summed E-state index contributed by atoms with van der Waals surface area (Å²) in [5.74, 6) is 1.09. The van der Waals surface area contributed by atoms with Crippen LogP contribution in [0.1, 0.15) is 36.8 Å². The zero-order valence-electron chi connectivity index (χ0n) is 16.9. The van der Waals surface area contributed by atoms with E-state index in [9.17, 15) is 5.26 Å². The zero-order chi connectivity index (χ0) is 20.7. The molecule has 30 heavy (non-hydrogen) atoms. The number of hydrogen-bond donors (Lipinski definition) is 1. The molecule has 3 atom stereocenters. The molecule has 2 aromatic carbocycles. The maximum absolute atomic E-state index is 9.24. The molecule has 2 N–H and O–H groups in total. The van der Waals surface area contributed by atoms with Gasteiger partial charge in [-0.05, 0) is 48.2 Å². The quantitative estimate of drug-likeness (QED) is 0.844. The van der Waals surface area contributed by atoms with Crippen LogP contribution >= 0.6 is 0 Å². The highest BCUT2D eigenvalue weighted by Crippen LogP contribution is 2.48. The Balaban J connectivity index is 1.54. The van der Waals surface area contributed by atoms with E-state index < -0.39 is 5.72 Å². The highest BCUT2D eigenvalue weighted by molar-refractivity contribution is 5.79. The van der Waals surface area contributed by atoms with Crippen molar-refractivity contribution in [2.24, 2.45) is 10.7 Å². The maximum Gasteiger partial charge on any atom is 0.221 e. The van der Waals surface area contributed by atoms with E-state index in [2.05, 4.69) is 6.07 Å². The average molecular weight is 404 g/mol. The molecule has 5 rings (SSSR count). The predicted molar refractivity (Wildman–Crippen MR) is 111 cm³/mol. The molecular weight excluding hydrogens is 380 g/mol. The summed E-state index contributed by atoms with van der Waals surface area (Å²) in [6.45, 7) is 0.814. The van der Waals surface area contributed by atoms with Gasteiger partial charge in [0.1, 0.15) is 11.9 Å². The SMILES string of the molecule is CN1O[C@]2(C[C@@H](CC3CCCO3)Oc3ccc(-c4cccc(C#N)c4)cc32)N=C1N. The third kappa shape index (κ3) is 3.28. The Hall–Kier alpha value is -3.08. The molecular formula is C23H24N4O3. The molecule has 2 aromatic rings. The Morgan fingerprint density at radius 2 is 2.10 bits per heavy atom. The zero-order valence-corrected chi connectivity index (χ0v) is 16.9. The van der Waals surface area contributed by atoms with Gasteiger partial charge < -0.3 is 15.2 Å². The summed E-state index contributed by atoms with van der Waals surface area (Å²) in [4.78, 5) is 10.9. The van der Waals surface area contributed by atoms with E-state index in [0.29, 0.717) is 17.9 Å². The number of fused-ring (bicyclic) bond motifs is 2. The Morgan fingerprint density at radius 3 is 2.83 bits per heavy atom. The summed E-state index contributed by atoms with van der Waals surface area (Å²) in [7, 11) is 1.76. The van der Waals surface area contributed by atoms with Crippen molar-refractivity contribution in [2.45, 2.75) is 43.6 Å². The predicted octanol–water partition coefficient (Wildman–Crippen LogP) is 3.29. The highest BCUT2D eigenvalue weighted by atomic mass is 16.7. The number of nitrogens with two attached hydrogens (primary N) is 1. The summed E-state index contributed by atoms with van der Waals surface area (Å²) in [6.07, 6.45) is 3.65. The molecule has 1 spiro atoms. The van der Waals surface area contributed by atoms with Crippen LogP contribution in [0.15, 0.2) is 47.5 Å². The molecule has 0 radical (unpaired) electrons. The first-order valence-corrected chi connectivity index (χ1v) is 10.3. The topological polar surface area (TPSA) is 93.1 Å². The fourth-order valence-electron chi connectivity index (χ4n) is 4.52. The van der Waals surface area contributed by atoms with Gasteiger partial charge in [-0.25, -0.2) is 14.9 Å². The van der Waals surface area contributed by atoms with Crippen LogP contribution < -0.4 is 10.5 Å². The third-order valence-electron chi connectivity index (χ3n) is 5.98. The fourth-order valence-corrected chi connectivity index (χ4v) is 4.52. The van der Waals surface area contributed by atoms with E-state index >= 15 is 0 Å². The molecule has 0 aliphatic carbocycles. The van der Waals surface area contributed by atoms with Crippen LogP contribution in [-0.2, 0) is 15.3 Å². The van der Waals surface area contributed by atoms with Crippen molar-refractivity contribution in [3.8, 4) is 22.9 Å². The number of benzene rings is 2. The van der Waals surface area contributed by atoms with E-state index in [1.54, 1.807) is 13.1 Å². The van der Waals surface area contributed by atoms with Gasteiger partial charge in [-0.1, -0.05) is 18.2 Å². The second-order valence-electron chi connectivity index (χ2n) is 8.06. The lowest BCUT2D eigenvalue weighted by Gasteiger charge is -2.37. The molecule has 1 fully saturated rings. The van der Waals surface area contributed by atoms with Gasteiger partial charge in [-0.15, -0.1) is 0 Å². The molecule has 3 heterocycles. The normalized spacial score (nSPS) is 27.5. The lowest BCUT2D eigenvalue weighted by atomic mass is 9.88. The minimum atomic E-state index is -0.918. The molecule has 7 heteroatoms. The molecule has 1 unspecified atom stereocenters. The van der Waals surface area contributed by atoms with Gasteiger partial charge in [-0.3, -0.25) is 0 Å². The Bertz CT molecular complexity index is 1040. The monoisotopic (exact) mass is 404 g/mol. The van der Waals surface area contributed by atoms with Crippen LogP contribution in [0, 0.1) is 11.3 Å². The minimum Gasteiger partial charge on any atom is -0.490 e. The molecule has 0 saturated carbocycles. The second kappa shape index (κ2) is 7.31. The summed E-state index contributed by atoms with van der Waals surface area (Å²) >= 11 is 0. The summed E-state index contributed by atoms with van der Waals surface area (Å²) < 4.78 is 12.2. The lowest BCUT2D eigenvalue weighted by Crippen LogP contribution is -2.40. The van der Waals surface area contributed by atoms with Crippen LogP contribution in [0.25, 0.3) is 11.1 Å². The van der Waals surface area contributed by atoms with Gasteiger partial charge >= 0.3 is 0 Å². The minimum absolute atomic E-state index is 0.0728. The van der Waals surface area contributed by atoms with Crippen LogP contribution in [0.4, 0.5) is 0 Å². The van der Waals surface area contributed by atoms with Crippen molar-refractivity contribution < 1.29 is 14.3 Å². The van der Waals surface area contributed by atoms with Gasteiger partial charge in [-0.2, -0.15) is 5.26 Å². The van der Waals surface area contributed by atoms with Gasteiger partial charge in [0.2, 0.25) is 11.7 Å². The van der Waals surface area contributed by atoms with Crippen molar-refractivity contribution >= 4 is 5.96 Å². The molecule has 3 aliphatic heterocycles. The number of guanidine groups is 1. The van der Waals surface area contributed by atoms with Crippen molar-refractivity contribution in [3.05, 3.63) is 53.6 Å². The van der Waals surface area contributed by atoms with Crippen LogP contribution in [0.3, 0.4) is 0 Å². The summed E-state index contributed by atoms with van der Waals surface area (Å²) in [6, 6.07) is 15.7. The van der Waals surface area contributed by atoms with Gasteiger partial charge in [0.15, 0.2) is 0 Å². The van der Waals surface area contributed by atoms with E-state index in [1.165, 1.54) is 5.06 Å². The summed E-state index contributed by atoms with van der Waals surface area (Å²) in [5.41, 5.74) is 8.56. The molecule has 1 saturated heterocycles. The number of nitriles is 1. The number of hydrogen-bond acceptors (Lipinski definition) is 7. The first kappa shape index (κ1) is 18.9. The van der Waals surface area contributed by atoms with Crippen molar-refractivity contribution in [2.75, 3.05) is 13.7 Å². The van der Waals surface area contributed by atoms with Crippen molar-refractivity contribution in [1.29, 1.82) is 5.26 Å².